The lowest BCUT2D eigenvalue weighted by Gasteiger charge is -2.18. The van der Waals surface area contributed by atoms with E-state index in [1.54, 1.807) is 60.7 Å². The molecule has 0 saturated carbocycles. The quantitative estimate of drug-likeness (QED) is 0.582. The number of aryl methyl sites for hydroxylation is 1. The van der Waals surface area contributed by atoms with E-state index in [1.165, 1.54) is 0 Å². The van der Waals surface area contributed by atoms with Crippen LogP contribution in [0.5, 0.6) is 0 Å². The summed E-state index contributed by atoms with van der Waals surface area (Å²) in [6.07, 6.45) is 2.05. The van der Waals surface area contributed by atoms with Crippen molar-refractivity contribution in [2.75, 3.05) is 23.7 Å². The summed E-state index contributed by atoms with van der Waals surface area (Å²) in [4.78, 5) is 40.3. The monoisotopic (exact) mass is 441 g/mol. The second kappa shape index (κ2) is 9.69. The number of hydrogen-bond acceptors (Lipinski definition) is 3. The number of rotatable bonds is 5. The molecule has 3 aromatic rings. The maximum atomic E-state index is 13.0. The van der Waals surface area contributed by atoms with Gasteiger partial charge in [0.1, 0.15) is 0 Å². The molecule has 0 aromatic heterocycles. The average molecular weight is 442 g/mol. The Morgan fingerprint density at radius 2 is 1.39 bits per heavy atom. The van der Waals surface area contributed by atoms with E-state index in [2.05, 4.69) is 10.6 Å². The number of benzene rings is 3. The molecule has 0 radical (unpaired) electrons. The van der Waals surface area contributed by atoms with Crippen molar-refractivity contribution in [3.05, 3.63) is 94.5 Å². The molecule has 1 aliphatic rings. The summed E-state index contributed by atoms with van der Waals surface area (Å²) in [5.74, 6) is -0.540. The Balaban J connectivity index is 1.52. The van der Waals surface area contributed by atoms with E-state index in [9.17, 15) is 14.4 Å². The molecule has 0 bridgehead atoms. The Hall–Kier alpha value is -3.93. The summed E-state index contributed by atoms with van der Waals surface area (Å²) in [6.45, 7) is 5.27. The summed E-state index contributed by atoms with van der Waals surface area (Å²) in [5, 5.41) is 5.80. The SMILES string of the molecule is Cc1ccc(C(=O)Nc2cccc(C(=O)N3CCCC3)c2C)cc1NC(=O)c1ccccc1. The molecule has 1 heterocycles. The number of carbonyl (C=O) groups excluding carboxylic acids is 3. The normalized spacial score (nSPS) is 13.0. The number of carbonyl (C=O) groups is 3. The molecule has 0 unspecified atom stereocenters. The number of likely N-dealkylation sites (tertiary alicyclic amines) is 1. The Morgan fingerprint density at radius 1 is 0.727 bits per heavy atom. The maximum Gasteiger partial charge on any atom is 0.255 e. The van der Waals surface area contributed by atoms with Crippen molar-refractivity contribution in [3.63, 3.8) is 0 Å². The van der Waals surface area contributed by atoms with E-state index >= 15 is 0 Å². The highest BCUT2D eigenvalue weighted by Gasteiger charge is 2.22. The number of nitrogens with zero attached hydrogens (tertiary/aromatic N) is 1. The molecule has 1 aliphatic heterocycles. The lowest BCUT2D eigenvalue weighted by molar-refractivity contribution is 0.0791. The zero-order chi connectivity index (χ0) is 23.4. The second-order valence-corrected chi connectivity index (χ2v) is 8.28. The van der Waals surface area contributed by atoms with Gasteiger partial charge in [0.2, 0.25) is 0 Å². The largest absolute Gasteiger partial charge is 0.339 e. The highest BCUT2D eigenvalue weighted by atomic mass is 16.2. The van der Waals surface area contributed by atoms with Gasteiger partial charge in [0.05, 0.1) is 0 Å². The van der Waals surface area contributed by atoms with Crippen LogP contribution in [0.15, 0.2) is 66.7 Å². The van der Waals surface area contributed by atoms with Gasteiger partial charge in [0.25, 0.3) is 17.7 Å². The lowest BCUT2D eigenvalue weighted by atomic mass is 10.0. The van der Waals surface area contributed by atoms with Crippen LogP contribution in [-0.2, 0) is 0 Å². The van der Waals surface area contributed by atoms with E-state index in [4.69, 9.17) is 0 Å². The molecule has 0 spiro atoms. The first-order chi connectivity index (χ1) is 15.9. The van der Waals surface area contributed by atoms with E-state index in [0.717, 1.165) is 37.1 Å². The molecule has 33 heavy (non-hydrogen) atoms. The van der Waals surface area contributed by atoms with Crippen LogP contribution in [0.4, 0.5) is 11.4 Å². The van der Waals surface area contributed by atoms with Crippen LogP contribution in [0.1, 0.15) is 55.0 Å². The molecule has 1 saturated heterocycles. The zero-order valence-corrected chi connectivity index (χ0v) is 18.9. The number of amides is 3. The molecule has 4 rings (SSSR count). The van der Waals surface area contributed by atoms with Crippen molar-refractivity contribution < 1.29 is 14.4 Å². The maximum absolute atomic E-state index is 13.0. The molecular weight excluding hydrogens is 414 g/mol. The standard InChI is InChI=1S/C27H27N3O3/c1-18-13-14-21(17-24(18)29-25(31)20-9-4-3-5-10-20)26(32)28-23-12-8-11-22(19(23)2)27(33)30-15-6-7-16-30/h3-5,8-14,17H,6-7,15-16H2,1-2H3,(H,28,32)(H,29,31). The third-order valence-corrected chi connectivity index (χ3v) is 5.99. The minimum Gasteiger partial charge on any atom is -0.339 e. The van der Waals surface area contributed by atoms with Gasteiger partial charge in [0, 0.05) is 41.2 Å². The predicted molar refractivity (Wildman–Crippen MR) is 130 cm³/mol. The minimum absolute atomic E-state index is 0.00217. The minimum atomic E-state index is -0.306. The van der Waals surface area contributed by atoms with Crippen molar-refractivity contribution in [2.45, 2.75) is 26.7 Å². The van der Waals surface area contributed by atoms with Gasteiger partial charge < -0.3 is 15.5 Å². The lowest BCUT2D eigenvalue weighted by Crippen LogP contribution is -2.28. The molecule has 168 valence electrons. The van der Waals surface area contributed by atoms with Crippen LogP contribution in [0.2, 0.25) is 0 Å². The van der Waals surface area contributed by atoms with Gasteiger partial charge in [-0.05, 0) is 74.2 Å². The van der Waals surface area contributed by atoms with E-state index in [0.29, 0.717) is 28.1 Å². The van der Waals surface area contributed by atoms with Crippen LogP contribution < -0.4 is 10.6 Å². The molecule has 3 amide bonds. The molecular formula is C27H27N3O3. The van der Waals surface area contributed by atoms with Crippen LogP contribution >= 0.6 is 0 Å². The summed E-state index contributed by atoms with van der Waals surface area (Å²) in [7, 11) is 0. The van der Waals surface area contributed by atoms with Gasteiger partial charge in [-0.1, -0.05) is 30.3 Å². The highest BCUT2D eigenvalue weighted by Crippen LogP contribution is 2.24. The topological polar surface area (TPSA) is 78.5 Å². The molecule has 1 fully saturated rings. The molecule has 3 aromatic carbocycles. The zero-order valence-electron chi connectivity index (χ0n) is 18.9. The summed E-state index contributed by atoms with van der Waals surface area (Å²) in [6, 6.07) is 19.5. The molecule has 6 heteroatoms. The second-order valence-electron chi connectivity index (χ2n) is 8.28. The van der Waals surface area contributed by atoms with Gasteiger partial charge in [-0.2, -0.15) is 0 Å². The van der Waals surface area contributed by atoms with Crippen LogP contribution in [0.3, 0.4) is 0 Å². The Morgan fingerprint density at radius 3 is 2.12 bits per heavy atom. The first-order valence-electron chi connectivity index (χ1n) is 11.1. The number of nitrogens with one attached hydrogen (secondary N) is 2. The van der Waals surface area contributed by atoms with E-state index in [-0.39, 0.29) is 17.7 Å². The first-order valence-corrected chi connectivity index (χ1v) is 11.1. The first kappa shape index (κ1) is 22.3. The van der Waals surface area contributed by atoms with E-state index in [1.807, 2.05) is 24.8 Å². The highest BCUT2D eigenvalue weighted by molar-refractivity contribution is 6.08. The van der Waals surface area contributed by atoms with Crippen molar-refractivity contribution in [2.24, 2.45) is 0 Å². The van der Waals surface area contributed by atoms with Gasteiger partial charge in [-0.25, -0.2) is 0 Å². The molecule has 0 atom stereocenters. The third-order valence-electron chi connectivity index (χ3n) is 5.99. The van der Waals surface area contributed by atoms with E-state index < -0.39 is 0 Å². The summed E-state index contributed by atoms with van der Waals surface area (Å²) >= 11 is 0. The van der Waals surface area contributed by atoms with Crippen LogP contribution in [-0.4, -0.2) is 35.7 Å². The Labute approximate surface area is 193 Å². The van der Waals surface area contributed by atoms with Crippen molar-refractivity contribution >= 4 is 29.1 Å². The molecule has 2 N–H and O–H groups in total. The summed E-state index contributed by atoms with van der Waals surface area (Å²) in [5.41, 5.74) is 4.33. The van der Waals surface area contributed by atoms with Gasteiger partial charge >= 0.3 is 0 Å². The predicted octanol–water partition coefficient (Wildman–Crippen LogP) is 5.04. The van der Waals surface area contributed by atoms with Crippen molar-refractivity contribution in [1.82, 2.24) is 4.90 Å². The smallest absolute Gasteiger partial charge is 0.255 e. The summed E-state index contributed by atoms with van der Waals surface area (Å²) < 4.78 is 0. The average Bonchev–Trinajstić information content (AvgIpc) is 3.37. The Kier molecular flexibility index (Phi) is 6.54. The van der Waals surface area contributed by atoms with Gasteiger partial charge in [-0.3, -0.25) is 14.4 Å². The number of anilines is 2. The Bertz CT molecular complexity index is 1200. The fourth-order valence-electron chi connectivity index (χ4n) is 3.97. The van der Waals surface area contributed by atoms with Crippen LogP contribution in [0, 0.1) is 13.8 Å². The van der Waals surface area contributed by atoms with Gasteiger partial charge in [0.15, 0.2) is 0 Å². The van der Waals surface area contributed by atoms with Crippen molar-refractivity contribution in [3.8, 4) is 0 Å². The fourth-order valence-corrected chi connectivity index (χ4v) is 3.97. The fraction of sp³-hybridized carbons (Fsp3) is 0.222. The van der Waals surface area contributed by atoms with Crippen LogP contribution in [0.25, 0.3) is 0 Å². The third kappa shape index (κ3) is 4.95. The molecule has 0 aliphatic carbocycles. The number of hydrogen-bond donors (Lipinski definition) is 2. The van der Waals surface area contributed by atoms with Gasteiger partial charge in [-0.15, -0.1) is 0 Å². The molecule has 6 nitrogen and oxygen atoms in total. The van der Waals surface area contributed by atoms with Crippen molar-refractivity contribution in [1.29, 1.82) is 0 Å².